The molecule has 3 aromatic rings. The molecule has 2 aliphatic rings. The van der Waals surface area contributed by atoms with Crippen LogP contribution in [0.3, 0.4) is 0 Å². The Labute approximate surface area is 195 Å². The van der Waals surface area contributed by atoms with E-state index in [4.69, 9.17) is 32.7 Å². The second kappa shape index (κ2) is 8.03. The number of nitrogens with zero attached hydrogens (tertiary/aromatic N) is 2. The summed E-state index contributed by atoms with van der Waals surface area (Å²) in [6.07, 6.45) is -4.91. The number of hydrogen-bond donors (Lipinski definition) is 2. The lowest BCUT2D eigenvalue weighted by molar-refractivity contribution is -0.173. The first-order chi connectivity index (χ1) is 15.7. The highest BCUT2D eigenvalue weighted by Gasteiger charge is 2.46. The van der Waals surface area contributed by atoms with E-state index in [1.165, 1.54) is 18.2 Å². The van der Waals surface area contributed by atoms with Crippen molar-refractivity contribution in [2.24, 2.45) is 0 Å². The summed E-state index contributed by atoms with van der Waals surface area (Å²) in [7, 11) is 0. The number of anilines is 2. The zero-order valence-electron chi connectivity index (χ0n) is 16.6. The van der Waals surface area contributed by atoms with Crippen LogP contribution in [0.4, 0.5) is 24.7 Å². The minimum absolute atomic E-state index is 0.0653. The molecule has 33 heavy (non-hydrogen) atoms. The van der Waals surface area contributed by atoms with Gasteiger partial charge in [-0.25, -0.2) is 4.68 Å². The van der Waals surface area contributed by atoms with E-state index >= 15 is 0 Å². The highest BCUT2D eigenvalue weighted by atomic mass is 35.5. The molecule has 2 aliphatic heterocycles. The average molecular weight is 499 g/mol. The predicted octanol–water partition coefficient (Wildman–Crippen LogP) is 5.83. The number of amides is 1. The molecule has 2 unspecified atom stereocenters. The topological polar surface area (TPSA) is 77.4 Å². The van der Waals surface area contributed by atoms with Crippen LogP contribution in [-0.2, 0) is 0 Å². The summed E-state index contributed by atoms with van der Waals surface area (Å²) in [5, 5.41) is 10.1. The molecule has 0 radical (unpaired) electrons. The van der Waals surface area contributed by atoms with Gasteiger partial charge >= 0.3 is 6.18 Å². The van der Waals surface area contributed by atoms with Crippen molar-refractivity contribution in [3.8, 4) is 11.5 Å². The highest BCUT2D eigenvalue weighted by molar-refractivity contribution is 6.42. The standard InChI is InChI=1S/C21H15Cl2F3N4O3/c22-12-3-1-10(5-13(12)23)14-7-18(21(24,25)26)30-19(28-14)8-15(29-30)20(31)27-11-2-4-16-17(6-11)33-9-32-16/h1-6,8,14,18,28H,7,9H2,(H,27,31). The molecule has 0 spiro atoms. The number of alkyl halides is 3. The molecule has 3 heterocycles. The number of carbonyl (C=O) groups is 1. The first-order valence-electron chi connectivity index (χ1n) is 9.78. The van der Waals surface area contributed by atoms with Gasteiger partial charge in [0.15, 0.2) is 23.2 Å². The minimum Gasteiger partial charge on any atom is -0.454 e. The number of fused-ring (bicyclic) bond motifs is 2. The number of benzene rings is 2. The quantitative estimate of drug-likeness (QED) is 0.474. The third kappa shape index (κ3) is 4.16. The summed E-state index contributed by atoms with van der Waals surface area (Å²) < 4.78 is 52.9. The fraction of sp³-hybridized carbons (Fsp3) is 0.238. The molecule has 2 aromatic carbocycles. The number of hydrogen-bond acceptors (Lipinski definition) is 5. The van der Waals surface area contributed by atoms with E-state index in [1.807, 2.05) is 0 Å². The largest absolute Gasteiger partial charge is 0.454 e. The van der Waals surface area contributed by atoms with E-state index in [0.717, 1.165) is 4.68 Å². The van der Waals surface area contributed by atoms with E-state index < -0.39 is 24.2 Å². The van der Waals surface area contributed by atoms with Crippen molar-refractivity contribution >= 4 is 40.6 Å². The summed E-state index contributed by atoms with van der Waals surface area (Å²) in [5.74, 6) is 0.399. The molecule has 0 fully saturated rings. The summed E-state index contributed by atoms with van der Waals surface area (Å²) in [6.45, 7) is 0.0744. The number of carbonyl (C=O) groups excluding carboxylic acids is 1. The molecule has 0 aliphatic carbocycles. The molecule has 0 saturated heterocycles. The Morgan fingerprint density at radius 2 is 1.88 bits per heavy atom. The zero-order valence-corrected chi connectivity index (χ0v) is 18.1. The van der Waals surface area contributed by atoms with Gasteiger partial charge in [-0.05, 0) is 29.8 Å². The summed E-state index contributed by atoms with van der Waals surface area (Å²) in [5.41, 5.74) is 0.765. The fourth-order valence-corrected chi connectivity index (χ4v) is 4.11. The Balaban J connectivity index is 1.43. The molecule has 2 atom stereocenters. The van der Waals surface area contributed by atoms with Crippen LogP contribution in [0, 0.1) is 0 Å². The van der Waals surface area contributed by atoms with Gasteiger partial charge in [0.2, 0.25) is 6.79 Å². The van der Waals surface area contributed by atoms with E-state index in [-0.39, 0.29) is 29.7 Å². The van der Waals surface area contributed by atoms with Crippen LogP contribution in [-0.4, -0.2) is 28.7 Å². The normalized spacial score (nSPS) is 19.1. The number of aromatic nitrogens is 2. The molecule has 172 valence electrons. The third-order valence-corrected chi connectivity index (χ3v) is 6.14. The van der Waals surface area contributed by atoms with Crippen molar-refractivity contribution in [1.29, 1.82) is 0 Å². The summed E-state index contributed by atoms with van der Waals surface area (Å²) >= 11 is 12.0. The summed E-state index contributed by atoms with van der Waals surface area (Å²) in [6, 6.07) is 8.09. The molecule has 5 rings (SSSR count). The van der Waals surface area contributed by atoms with Crippen molar-refractivity contribution in [2.45, 2.75) is 24.7 Å². The number of nitrogens with one attached hydrogen (secondary N) is 2. The third-order valence-electron chi connectivity index (χ3n) is 5.40. The molecular formula is C21H15Cl2F3N4O3. The molecule has 1 aromatic heterocycles. The van der Waals surface area contributed by atoms with E-state index in [9.17, 15) is 18.0 Å². The van der Waals surface area contributed by atoms with Crippen LogP contribution in [0.2, 0.25) is 10.0 Å². The van der Waals surface area contributed by atoms with Crippen molar-refractivity contribution in [3.05, 3.63) is 63.8 Å². The van der Waals surface area contributed by atoms with E-state index in [1.54, 1.807) is 24.3 Å². The molecular weight excluding hydrogens is 484 g/mol. The van der Waals surface area contributed by atoms with Crippen LogP contribution in [0.1, 0.15) is 34.6 Å². The van der Waals surface area contributed by atoms with Crippen LogP contribution >= 0.6 is 23.2 Å². The number of rotatable bonds is 3. The fourth-order valence-electron chi connectivity index (χ4n) is 3.80. The maximum atomic E-state index is 13.9. The molecule has 1 amide bonds. The Morgan fingerprint density at radius 1 is 1.09 bits per heavy atom. The maximum absolute atomic E-state index is 13.9. The van der Waals surface area contributed by atoms with Crippen molar-refractivity contribution in [2.75, 3.05) is 17.4 Å². The zero-order chi connectivity index (χ0) is 23.3. The lowest BCUT2D eigenvalue weighted by Crippen LogP contribution is -2.35. The van der Waals surface area contributed by atoms with Gasteiger partial charge in [-0.2, -0.15) is 18.3 Å². The molecule has 0 bridgehead atoms. The maximum Gasteiger partial charge on any atom is 0.410 e. The van der Waals surface area contributed by atoms with Gasteiger partial charge < -0.3 is 20.1 Å². The van der Waals surface area contributed by atoms with E-state index in [0.29, 0.717) is 27.8 Å². The average Bonchev–Trinajstić information content (AvgIpc) is 3.40. The van der Waals surface area contributed by atoms with Crippen LogP contribution < -0.4 is 20.1 Å². The molecule has 2 N–H and O–H groups in total. The van der Waals surface area contributed by atoms with Gasteiger partial charge in [0.25, 0.3) is 5.91 Å². The van der Waals surface area contributed by atoms with Crippen molar-refractivity contribution in [3.63, 3.8) is 0 Å². The van der Waals surface area contributed by atoms with Crippen LogP contribution in [0.5, 0.6) is 11.5 Å². The first-order valence-corrected chi connectivity index (χ1v) is 10.5. The Morgan fingerprint density at radius 3 is 2.64 bits per heavy atom. The lowest BCUT2D eigenvalue weighted by atomic mass is 9.97. The molecule has 0 saturated carbocycles. The highest BCUT2D eigenvalue weighted by Crippen LogP contribution is 2.44. The Bertz CT molecular complexity index is 1250. The number of halogens is 5. The Hall–Kier alpha value is -3.11. The second-order valence-electron chi connectivity index (χ2n) is 7.55. The van der Waals surface area contributed by atoms with Crippen molar-refractivity contribution in [1.82, 2.24) is 9.78 Å². The first kappa shape index (κ1) is 21.7. The SMILES string of the molecule is O=C(Nc1ccc2c(c1)OCO2)c1cc2n(n1)C(C(F)(F)F)CC(c1ccc(Cl)c(Cl)c1)N2. The monoisotopic (exact) mass is 498 g/mol. The minimum atomic E-state index is -4.58. The van der Waals surface area contributed by atoms with Gasteiger partial charge in [0.1, 0.15) is 5.82 Å². The Kier molecular flexibility index (Phi) is 5.29. The molecule has 7 nitrogen and oxygen atoms in total. The number of ether oxygens (including phenoxy) is 2. The predicted molar refractivity (Wildman–Crippen MR) is 115 cm³/mol. The van der Waals surface area contributed by atoms with Gasteiger partial charge in [-0.15, -0.1) is 0 Å². The summed E-state index contributed by atoms with van der Waals surface area (Å²) in [4.78, 5) is 12.7. The van der Waals surface area contributed by atoms with E-state index in [2.05, 4.69) is 15.7 Å². The smallest absolute Gasteiger partial charge is 0.410 e. The second-order valence-corrected chi connectivity index (χ2v) is 8.36. The van der Waals surface area contributed by atoms with Gasteiger partial charge in [-0.3, -0.25) is 4.79 Å². The van der Waals surface area contributed by atoms with Crippen molar-refractivity contribution < 1.29 is 27.4 Å². The molecule has 12 heteroatoms. The van der Waals surface area contributed by atoms with Crippen LogP contribution in [0.25, 0.3) is 0 Å². The van der Waals surface area contributed by atoms with Gasteiger partial charge in [-0.1, -0.05) is 29.3 Å². The lowest BCUT2D eigenvalue weighted by Gasteiger charge is -2.33. The van der Waals surface area contributed by atoms with Gasteiger partial charge in [0, 0.05) is 24.2 Å². The van der Waals surface area contributed by atoms with Crippen LogP contribution in [0.15, 0.2) is 42.5 Å². The van der Waals surface area contributed by atoms with Gasteiger partial charge in [0.05, 0.1) is 16.1 Å².